The van der Waals surface area contributed by atoms with Gasteiger partial charge in [0.15, 0.2) is 0 Å². The predicted octanol–water partition coefficient (Wildman–Crippen LogP) is 2.07. The summed E-state index contributed by atoms with van der Waals surface area (Å²) in [7, 11) is 0. The van der Waals surface area contributed by atoms with E-state index in [1.807, 2.05) is 4.68 Å². The fourth-order valence-electron chi connectivity index (χ4n) is 2.55. The fourth-order valence-corrected chi connectivity index (χ4v) is 2.55. The first-order valence-corrected chi connectivity index (χ1v) is 6.57. The highest BCUT2D eigenvalue weighted by Gasteiger charge is 2.21. The van der Waals surface area contributed by atoms with Crippen molar-refractivity contribution in [3.63, 3.8) is 0 Å². The summed E-state index contributed by atoms with van der Waals surface area (Å²) in [6, 6.07) is 3.73. The third-order valence-electron chi connectivity index (χ3n) is 3.21. The van der Waals surface area contributed by atoms with Crippen LogP contribution >= 0.6 is 12.4 Å². The molecule has 1 saturated heterocycles. The van der Waals surface area contributed by atoms with Gasteiger partial charge in [0.05, 0.1) is 5.69 Å². The van der Waals surface area contributed by atoms with Crippen molar-refractivity contribution in [3.05, 3.63) is 18.0 Å². The Labute approximate surface area is 116 Å². The highest BCUT2D eigenvalue weighted by molar-refractivity contribution is 5.85. The standard InChI is InChI=1S/C13H24N4.ClH/c1-10(2)17-6-5-13(15-17)9-16-7-11(3)14-12(4)8-16;/h5-6,10-12,14H,7-9H2,1-4H3;1H. The van der Waals surface area contributed by atoms with Crippen LogP contribution in [-0.4, -0.2) is 39.9 Å². The van der Waals surface area contributed by atoms with Gasteiger partial charge in [-0.2, -0.15) is 5.10 Å². The van der Waals surface area contributed by atoms with Gasteiger partial charge in [0.2, 0.25) is 0 Å². The van der Waals surface area contributed by atoms with Crippen molar-refractivity contribution in [2.45, 2.75) is 52.4 Å². The summed E-state index contributed by atoms with van der Waals surface area (Å²) in [6.45, 7) is 12.0. The van der Waals surface area contributed by atoms with Crippen molar-refractivity contribution in [1.29, 1.82) is 0 Å². The molecule has 2 unspecified atom stereocenters. The van der Waals surface area contributed by atoms with E-state index in [9.17, 15) is 0 Å². The molecule has 0 radical (unpaired) electrons. The minimum Gasteiger partial charge on any atom is -0.309 e. The zero-order valence-corrected chi connectivity index (χ0v) is 12.6. The van der Waals surface area contributed by atoms with Gasteiger partial charge in [-0.25, -0.2) is 0 Å². The maximum absolute atomic E-state index is 4.61. The third-order valence-corrected chi connectivity index (χ3v) is 3.21. The van der Waals surface area contributed by atoms with E-state index in [0.29, 0.717) is 18.1 Å². The molecule has 18 heavy (non-hydrogen) atoms. The quantitative estimate of drug-likeness (QED) is 0.915. The molecule has 1 aromatic rings. The first-order chi connectivity index (χ1) is 8.04. The van der Waals surface area contributed by atoms with Gasteiger partial charge in [-0.15, -0.1) is 12.4 Å². The number of nitrogens with one attached hydrogen (secondary N) is 1. The molecule has 1 aliphatic heterocycles. The normalized spacial score (nSPS) is 25.2. The molecule has 0 amide bonds. The summed E-state index contributed by atoms with van der Waals surface area (Å²) < 4.78 is 2.03. The minimum atomic E-state index is 0. The molecule has 0 saturated carbocycles. The Morgan fingerprint density at radius 2 is 1.94 bits per heavy atom. The lowest BCUT2D eigenvalue weighted by Gasteiger charge is -2.35. The average molecular weight is 273 g/mol. The van der Waals surface area contributed by atoms with Crippen molar-refractivity contribution in [2.75, 3.05) is 13.1 Å². The number of aromatic nitrogens is 2. The molecule has 5 heteroatoms. The largest absolute Gasteiger partial charge is 0.309 e. The Balaban J connectivity index is 0.00000162. The van der Waals surface area contributed by atoms with Crippen LogP contribution in [0.25, 0.3) is 0 Å². The van der Waals surface area contributed by atoms with Crippen molar-refractivity contribution in [1.82, 2.24) is 20.0 Å². The number of piperazine rings is 1. The zero-order valence-electron chi connectivity index (χ0n) is 11.8. The summed E-state index contributed by atoms with van der Waals surface area (Å²) in [5, 5.41) is 8.16. The predicted molar refractivity (Wildman–Crippen MR) is 77.2 cm³/mol. The van der Waals surface area contributed by atoms with Crippen LogP contribution in [0.1, 0.15) is 39.4 Å². The fraction of sp³-hybridized carbons (Fsp3) is 0.769. The minimum absolute atomic E-state index is 0. The van der Waals surface area contributed by atoms with Crippen LogP contribution in [0.5, 0.6) is 0 Å². The monoisotopic (exact) mass is 272 g/mol. The number of hydrogen-bond donors (Lipinski definition) is 1. The lowest BCUT2D eigenvalue weighted by Crippen LogP contribution is -2.53. The summed E-state index contributed by atoms with van der Waals surface area (Å²) in [4.78, 5) is 2.48. The summed E-state index contributed by atoms with van der Waals surface area (Å²) in [5.74, 6) is 0. The smallest absolute Gasteiger partial charge is 0.0764 e. The molecule has 1 N–H and O–H groups in total. The van der Waals surface area contributed by atoms with Gasteiger partial charge in [-0.3, -0.25) is 9.58 Å². The molecular formula is C13H25ClN4. The topological polar surface area (TPSA) is 33.1 Å². The Kier molecular flexibility index (Phi) is 5.63. The summed E-state index contributed by atoms with van der Waals surface area (Å²) >= 11 is 0. The second-order valence-corrected chi connectivity index (χ2v) is 5.54. The van der Waals surface area contributed by atoms with Gasteiger partial charge in [0.25, 0.3) is 0 Å². The highest BCUT2D eigenvalue weighted by Crippen LogP contribution is 2.10. The molecule has 1 aliphatic rings. The Morgan fingerprint density at radius 1 is 1.33 bits per heavy atom. The molecule has 4 nitrogen and oxygen atoms in total. The van der Waals surface area contributed by atoms with Crippen LogP contribution in [0.3, 0.4) is 0 Å². The number of rotatable bonds is 3. The van der Waals surface area contributed by atoms with Gasteiger partial charge in [0.1, 0.15) is 0 Å². The van der Waals surface area contributed by atoms with Crippen LogP contribution in [0, 0.1) is 0 Å². The van der Waals surface area contributed by atoms with Crippen molar-refractivity contribution < 1.29 is 0 Å². The van der Waals surface area contributed by atoms with E-state index in [2.05, 4.69) is 55.3 Å². The third kappa shape index (κ3) is 3.97. The van der Waals surface area contributed by atoms with E-state index in [0.717, 1.165) is 19.6 Å². The molecule has 1 fully saturated rings. The number of halogens is 1. The lowest BCUT2D eigenvalue weighted by atomic mass is 10.1. The Hall–Kier alpha value is -0.580. The maximum Gasteiger partial charge on any atom is 0.0764 e. The molecular weight excluding hydrogens is 248 g/mol. The lowest BCUT2D eigenvalue weighted by molar-refractivity contribution is 0.164. The van der Waals surface area contributed by atoms with Crippen LogP contribution < -0.4 is 5.32 Å². The van der Waals surface area contributed by atoms with Crippen LogP contribution in [0.15, 0.2) is 12.3 Å². The number of nitrogens with zero attached hydrogens (tertiary/aromatic N) is 3. The van der Waals surface area contributed by atoms with Crippen molar-refractivity contribution in [2.24, 2.45) is 0 Å². The van der Waals surface area contributed by atoms with E-state index in [1.165, 1.54) is 5.69 Å². The first kappa shape index (κ1) is 15.5. The molecule has 1 aromatic heterocycles. The molecule has 2 heterocycles. The van der Waals surface area contributed by atoms with E-state index in [1.54, 1.807) is 0 Å². The molecule has 0 aliphatic carbocycles. The van der Waals surface area contributed by atoms with Crippen LogP contribution in [-0.2, 0) is 6.54 Å². The molecule has 2 rings (SSSR count). The van der Waals surface area contributed by atoms with Crippen LogP contribution in [0.2, 0.25) is 0 Å². The number of hydrogen-bond acceptors (Lipinski definition) is 3. The average Bonchev–Trinajstić information content (AvgIpc) is 2.64. The van der Waals surface area contributed by atoms with Crippen molar-refractivity contribution in [3.8, 4) is 0 Å². The second kappa shape index (κ2) is 6.55. The van der Waals surface area contributed by atoms with E-state index in [4.69, 9.17) is 0 Å². The van der Waals surface area contributed by atoms with Gasteiger partial charge in [0, 0.05) is 44.0 Å². The van der Waals surface area contributed by atoms with Crippen LogP contribution in [0.4, 0.5) is 0 Å². The van der Waals surface area contributed by atoms with Gasteiger partial charge >= 0.3 is 0 Å². The Morgan fingerprint density at radius 3 is 2.44 bits per heavy atom. The van der Waals surface area contributed by atoms with Gasteiger partial charge in [-0.05, 0) is 33.8 Å². The molecule has 2 atom stereocenters. The van der Waals surface area contributed by atoms with Gasteiger partial charge in [-0.1, -0.05) is 0 Å². The first-order valence-electron chi connectivity index (χ1n) is 6.57. The van der Waals surface area contributed by atoms with Gasteiger partial charge < -0.3 is 5.32 Å². The van der Waals surface area contributed by atoms with E-state index < -0.39 is 0 Å². The molecule has 104 valence electrons. The zero-order chi connectivity index (χ0) is 12.4. The van der Waals surface area contributed by atoms with Crippen molar-refractivity contribution >= 4 is 12.4 Å². The molecule has 0 bridgehead atoms. The SMILES string of the molecule is CC1CN(Cc2ccn(C(C)C)n2)CC(C)N1.Cl. The second-order valence-electron chi connectivity index (χ2n) is 5.54. The maximum atomic E-state index is 4.61. The molecule has 0 spiro atoms. The summed E-state index contributed by atoms with van der Waals surface area (Å²) in [6.07, 6.45) is 2.08. The van der Waals surface area contributed by atoms with E-state index in [-0.39, 0.29) is 12.4 Å². The molecule has 0 aromatic carbocycles. The Bertz CT molecular complexity index is 354. The highest BCUT2D eigenvalue weighted by atomic mass is 35.5. The summed E-state index contributed by atoms with van der Waals surface area (Å²) in [5.41, 5.74) is 1.18. The van der Waals surface area contributed by atoms with E-state index >= 15 is 0 Å².